The van der Waals surface area contributed by atoms with Gasteiger partial charge in [0.1, 0.15) is 11.3 Å². The molecule has 0 aliphatic heterocycles. The summed E-state index contributed by atoms with van der Waals surface area (Å²) in [6, 6.07) is 31.7. The van der Waals surface area contributed by atoms with Crippen molar-refractivity contribution in [1.82, 2.24) is 24.8 Å². The molecule has 0 fully saturated rings. The largest absolute Gasteiger partial charge is 0.383 e. The van der Waals surface area contributed by atoms with Crippen LogP contribution in [0.25, 0.3) is 28.2 Å². The van der Waals surface area contributed by atoms with Crippen molar-refractivity contribution in [3.63, 3.8) is 0 Å². The van der Waals surface area contributed by atoms with Gasteiger partial charge in [-0.1, -0.05) is 60.7 Å². The number of imidazole rings is 1. The number of benzene rings is 3. The van der Waals surface area contributed by atoms with Gasteiger partial charge >= 0.3 is 0 Å². The van der Waals surface area contributed by atoms with Gasteiger partial charge in [-0.2, -0.15) is 0 Å². The highest BCUT2D eigenvalue weighted by atomic mass is 16.1. The monoisotopic (exact) mass is 524 g/mol. The van der Waals surface area contributed by atoms with Crippen LogP contribution >= 0.6 is 0 Å². The summed E-state index contributed by atoms with van der Waals surface area (Å²) in [5.74, 6) is 0.988. The van der Waals surface area contributed by atoms with Crippen LogP contribution in [0.15, 0.2) is 109 Å². The first-order chi connectivity index (χ1) is 19.6. The van der Waals surface area contributed by atoms with E-state index in [1.807, 2.05) is 103 Å². The molecule has 6 rings (SSSR count). The highest BCUT2D eigenvalue weighted by Gasteiger charge is 2.18. The molecular weight excluding hydrogens is 496 g/mol. The maximum Gasteiger partial charge on any atom is 0.251 e. The fourth-order valence-electron chi connectivity index (χ4n) is 4.85. The van der Waals surface area contributed by atoms with E-state index in [4.69, 9.17) is 10.7 Å². The van der Waals surface area contributed by atoms with Gasteiger partial charge in [0.25, 0.3) is 5.91 Å². The zero-order chi connectivity index (χ0) is 27.5. The summed E-state index contributed by atoms with van der Waals surface area (Å²) in [6.45, 7) is 2.40. The number of nitrogen functional groups attached to an aromatic ring is 1. The molecule has 40 heavy (non-hydrogen) atoms. The fourth-order valence-corrected chi connectivity index (χ4v) is 4.85. The van der Waals surface area contributed by atoms with E-state index in [1.165, 1.54) is 5.56 Å². The predicted molar refractivity (Wildman–Crippen MR) is 158 cm³/mol. The van der Waals surface area contributed by atoms with E-state index < -0.39 is 0 Å². The van der Waals surface area contributed by atoms with Gasteiger partial charge in [-0.05, 0) is 72.0 Å². The number of nitrogens with one attached hydrogen (secondary N) is 1. The zero-order valence-electron chi connectivity index (χ0n) is 22.1. The number of nitrogens with zero attached hydrogens (tertiary/aromatic N) is 4. The molecule has 6 aromatic rings. The molecule has 3 aromatic carbocycles. The average molecular weight is 525 g/mol. The third kappa shape index (κ3) is 5.05. The number of nitrogens with two attached hydrogens (primary N) is 1. The lowest BCUT2D eigenvalue weighted by Crippen LogP contribution is -2.24. The third-order valence-electron chi connectivity index (χ3n) is 6.86. The number of hydrogen-bond donors (Lipinski definition) is 2. The topological polar surface area (TPSA) is 98.7 Å². The molecule has 0 aliphatic carbocycles. The highest BCUT2D eigenvalue weighted by Crippen LogP contribution is 2.30. The molecule has 196 valence electrons. The standard InChI is InChI=1S/C33H28N6O/c1-22-18-29-32(36-20-22)39(31(38-29)28-12-7-17-35-30(28)34)26-15-13-24(14-16-26)21-37-33(40)27-11-6-5-10-25(27)19-23-8-3-2-4-9-23/h2-18,20H,19,21H2,1H3,(H2,34,35)(H,37,40). The van der Waals surface area contributed by atoms with Gasteiger partial charge in [0, 0.05) is 30.2 Å². The minimum absolute atomic E-state index is 0.0925. The van der Waals surface area contributed by atoms with Crippen LogP contribution in [0.2, 0.25) is 0 Å². The van der Waals surface area contributed by atoms with Crippen molar-refractivity contribution in [3.8, 4) is 17.1 Å². The van der Waals surface area contributed by atoms with Crippen LogP contribution in [0.5, 0.6) is 0 Å². The molecule has 0 bridgehead atoms. The quantitative estimate of drug-likeness (QED) is 0.271. The molecule has 0 spiro atoms. The van der Waals surface area contributed by atoms with Gasteiger partial charge in [0.05, 0.1) is 5.56 Å². The molecule has 7 heteroatoms. The smallest absolute Gasteiger partial charge is 0.251 e. The normalized spacial score (nSPS) is 11.0. The number of amides is 1. The summed E-state index contributed by atoms with van der Waals surface area (Å²) in [5.41, 5.74) is 14.2. The zero-order valence-corrected chi connectivity index (χ0v) is 22.1. The van der Waals surface area contributed by atoms with E-state index in [2.05, 4.69) is 27.4 Å². The van der Waals surface area contributed by atoms with Crippen molar-refractivity contribution in [2.45, 2.75) is 19.9 Å². The number of aryl methyl sites for hydroxylation is 1. The molecule has 3 aromatic heterocycles. The van der Waals surface area contributed by atoms with E-state index >= 15 is 0 Å². The summed E-state index contributed by atoms with van der Waals surface area (Å²) in [5, 5.41) is 3.08. The molecular formula is C33H28N6O. The van der Waals surface area contributed by atoms with Crippen LogP contribution in [-0.4, -0.2) is 25.4 Å². The van der Waals surface area contributed by atoms with E-state index in [0.29, 0.717) is 30.2 Å². The van der Waals surface area contributed by atoms with Crippen LogP contribution in [0.3, 0.4) is 0 Å². The van der Waals surface area contributed by atoms with Gasteiger partial charge in [-0.15, -0.1) is 0 Å². The van der Waals surface area contributed by atoms with Crippen LogP contribution < -0.4 is 11.1 Å². The van der Waals surface area contributed by atoms with Crippen molar-refractivity contribution in [3.05, 3.63) is 137 Å². The Morgan fingerprint density at radius 1 is 0.875 bits per heavy atom. The van der Waals surface area contributed by atoms with E-state index in [-0.39, 0.29) is 5.91 Å². The Morgan fingerprint density at radius 2 is 1.65 bits per heavy atom. The molecule has 3 heterocycles. The Balaban J connectivity index is 1.25. The maximum atomic E-state index is 13.1. The summed E-state index contributed by atoms with van der Waals surface area (Å²) in [4.78, 5) is 26.9. The lowest BCUT2D eigenvalue weighted by Gasteiger charge is -2.12. The van der Waals surface area contributed by atoms with E-state index in [1.54, 1.807) is 6.20 Å². The Labute approximate surface area is 232 Å². The predicted octanol–water partition coefficient (Wildman–Crippen LogP) is 5.89. The Kier molecular flexibility index (Phi) is 6.77. The Bertz CT molecular complexity index is 1810. The summed E-state index contributed by atoms with van der Waals surface area (Å²) >= 11 is 0. The summed E-state index contributed by atoms with van der Waals surface area (Å²) in [6.07, 6.45) is 4.20. The van der Waals surface area contributed by atoms with Crippen LogP contribution in [0, 0.1) is 6.92 Å². The van der Waals surface area contributed by atoms with Gasteiger partial charge in [-0.25, -0.2) is 15.0 Å². The van der Waals surface area contributed by atoms with Crippen LogP contribution in [0.1, 0.15) is 32.6 Å². The van der Waals surface area contributed by atoms with E-state index in [0.717, 1.165) is 39.1 Å². The molecule has 0 atom stereocenters. The molecule has 0 aliphatic rings. The number of carbonyl (C=O) groups is 1. The summed E-state index contributed by atoms with van der Waals surface area (Å²) < 4.78 is 1.99. The lowest BCUT2D eigenvalue weighted by atomic mass is 9.99. The second-order valence-corrected chi connectivity index (χ2v) is 9.73. The summed E-state index contributed by atoms with van der Waals surface area (Å²) in [7, 11) is 0. The lowest BCUT2D eigenvalue weighted by molar-refractivity contribution is 0.0950. The fraction of sp³-hybridized carbons (Fsp3) is 0.0909. The van der Waals surface area contributed by atoms with Gasteiger partial charge in [0.15, 0.2) is 11.5 Å². The second-order valence-electron chi connectivity index (χ2n) is 9.73. The molecule has 0 saturated carbocycles. The first-order valence-corrected chi connectivity index (χ1v) is 13.1. The average Bonchev–Trinajstić information content (AvgIpc) is 3.35. The van der Waals surface area contributed by atoms with Crippen molar-refractivity contribution < 1.29 is 4.79 Å². The number of carbonyl (C=O) groups excluding carboxylic acids is 1. The minimum Gasteiger partial charge on any atom is -0.383 e. The third-order valence-corrected chi connectivity index (χ3v) is 6.86. The molecule has 1 amide bonds. The highest BCUT2D eigenvalue weighted by molar-refractivity contribution is 5.95. The van der Waals surface area contributed by atoms with Crippen molar-refractivity contribution in [1.29, 1.82) is 0 Å². The van der Waals surface area contributed by atoms with Crippen molar-refractivity contribution in [2.75, 3.05) is 5.73 Å². The van der Waals surface area contributed by atoms with Crippen LogP contribution in [0.4, 0.5) is 5.82 Å². The molecule has 0 unspecified atom stereocenters. The number of rotatable bonds is 7. The van der Waals surface area contributed by atoms with Crippen molar-refractivity contribution in [2.24, 2.45) is 0 Å². The van der Waals surface area contributed by atoms with Gasteiger partial charge in [0.2, 0.25) is 0 Å². The second kappa shape index (κ2) is 10.8. The number of aromatic nitrogens is 4. The number of anilines is 1. The van der Waals surface area contributed by atoms with Crippen LogP contribution in [-0.2, 0) is 13.0 Å². The minimum atomic E-state index is -0.0925. The Hall–Kier alpha value is -5.30. The molecule has 0 radical (unpaired) electrons. The molecule has 0 saturated heterocycles. The van der Waals surface area contributed by atoms with Gasteiger partial charge < -0.3 is 11.1 Å². The molecule has 7 nitrogen and oxygen atoms in total. The SMILES string of the molecule is Cc1cnc2c(c1)nc(-c1cccnc1N)n2-c1ccc(CNC(=O)c2ccccc2Cc2ccccc2)cc1. The number of pyridine rings is 2. The maximum absolute atomic E-state index is 13.1. The number of hydrogen-bond acceptors (Lipinski definition) is 5. The first kappa shape index (κ1) is 25.0. The first-order valence-electron chi connectivity index (χ1n) is 13.1. The van der Waals surface area contributed by atoms with Crippen molar-refractivity contribution >= 4 is 22.9 Å². The Morgan fingerprint density at radius 3 is 2.45 bits per heavy atom. The number of fused-ring (bicyclic) bond motifs is 1. The van der Waals surface area contributed by atoms with Gasteiger partial charge in [-0.3, -0.25) is 9.36 Å². The molecule has 3 N–H and O–H groups in total. The van der Waals surface area contributed by atoms with E-state index in [9.17, 15) is 4.79 Å².